The van der Waals surface area contributed by atoms with Crippen LogP contribution in [0.2, 0.25) is 0 Å². The van der Waals surface area contributed by atoms with E-state index in [0.717, 1.165) is 37.2 Å². The number of carbonyl (C=O) groups is 1. The van der Waals surface area contributed by atoms with Crippen molar-refractivity contribution in [2.75, 3.05) is 44.3 Å². The van der Waals surface area contributed by atoms with Gasteiger partial charge in [0.25, 0.3) is 5.56 Å². The maximum Gasteiger partial charge on any atom is 0.269 e. The van der Waals surface area contributed by atoms with Crippen molar-refractivity contribution in [1.29, 1.82) is 0 Å². The molecule has 0 N–H and O–H groups in total. The van der Waals surface area contributed by atoms with Crippen LogP contribution in [-0.2, 0) is 16.1 Å². The average molecular weight is 382 g/mol. The Morgan fingerprint density at radius 1 is 1.07 bits per heavy atom. The number of ether oxygens (including phenoxy) is 1. The Bertz CT molecular complexity index is 853. The van der Waals surface area contributed by atoms with Gasteiger partial charge in [-0.3, -0.25) is 9.59 Å². The summed E-state index contributed by atoms with van der Waals surface area (Å²) in [6.07, 6.45) is 3.38. The van der Waals surface area contributed by atoms with E-state index in [-0.39, 0.29) is 17.4 Å². The van der Waals surface area contributed by atoms with Gasteiger partial charge in [0.1, 0.15) is 0 Å². The van der Waals surface area contributed by atoms with Crippen LogP contribution in [-0.4, -0.2) is 60.0 Å². The van der Waals surface area contributed by atoms with Crippen LogP contribution in [0.15, 0.2) is 47.4 Å². The van der Waals surface area contributed by atoms with Gasteiger partial charge in [-0.2, -0.15) is 5.10 Å². The molecule has 1 aromatic carbocycles. The number of nitrogens with zero attached hydrogens (tertiary/aromatic N) is 4. The van der Waals surface area contributed by atoms with Gasteiger partial charge >= 0.3 is 0 Å². The molecule has 4 rings (SSSR count). The molecule has 148 valence electrons. The Hall–Kier alpha value is -2.67. The molecular weight excluding hydrogens is 356 g/mol. The van der Waals surface area contributed by atoms with Crippen LogP contribution in [0.1, 0.15) is 18.4 Å². The van der Waals surface area contributed by atoms with E-state index in [1.807, 2.05) is 35.2 Å². The van der Waals surface area contributed by atoms with Crippen molar-refractivity contribution in [1.82, 2.24) is 14.7 Å². The number of morpholine rings is 1. The fourth-order valence-electron chi connectivity index (χ4n) is 3.90. The summed E-state index contributed by atoms with van der Waals surface area (Å²) < 4.78 is 6.81. The van der Waals surface area contributed by atoms with E-state index in [2.05, 4.69) is 10.00 Å². The number of hydrogen-bond donors (Lipinski definition) is 0. The highest BCUT2D eigenvalue weighted by Gasteiger charge is 2.29. The van der Waals surface area contributed by atoms with Crippen LogP contribution in [0.3, 0.4) is 0 Å². The Morgan fingerprint density at radius 3 is 2.46 bits per heavy atom. The first-order valence-electron chi connectivity index (χ1n) is 9.93. The molecule has 28 heavy (non-hydrogen) atoms. The summed E-state index contributed by atoms with van der Waals surface area (Å²) in [4.78, 5) is 29.2. The lowest BCUT2D eigenvalue weighted by molar-refractivity contribution is -0.140. The molecule has 1 aromatic heterocycles. The van der Waals surface area contributed by atoms with Crippen LogP contribution in [0.4, 0.5) is 5.69 Å². The fourth-order valence-corrected chi connectivity index (χ4v) is 3.90. The van der Waals surface area contributed by atoms with Crippen LogP contribution in [0.5, 0.6) is 0 Å². The number of amides is 1. The SMILES string of the molecule is O=C(C1CCN(c2cnn(Cc3ccccc3)c(=O)c2)CC1)N1CCOCC1. The third kappa shape index (κ3) is 4.25. The van der Waals surface area contributed by atoms with E-state index in [9.17, 15) is 9.59 Å². The number of hydrogen-bond acceptors (Lipinski definition) is 5. The van der Waals surface area contributed by atoms with E-state index in [4.69, 9.17) is 4.74 Å². The third-order valence-electron chi connectivity index (χ3n) is 5.56. The molecule has 0 unspecified atom stereocenters. The number of piperidine rings is 1. The molecule has 0 atom stereocenters. The molecule has 0 radical (unpaired) electrons. The molecule has 2 aliphatic heterocycles. The Morgan fingerprint density at radius 2 is 1.79 bits per heavy atom. The zero-order valence-corrected chi connectivity index (χ0v) is 16.0. The molecule has 7 nitrogen and oxygen atoms in total. The largest absolute Gasteiger partial charge is 0.378 e. The lowest BCUT2D eigenvalue weighted by Crippen LogP contribution is -2.47. The van der Waals surface area contributed by atoms with E-state index in [1.54, 1.807) is 12.3 Å². The molecule has 2 aromatic rings. The van der Waals surface area contributed by atoms with Crippen molar-refractivity contribution < 1.29 is 9.53 Å². The van der Waals surface area contributed by atoms with E-state index >= 15 is 0 Å². The molecule has 7 heteroatoms. The number of carbonyl (C=O) groups excluding carboxylic acids is 1. The van der Waals surface area contributed by atoms with Gasteiger partial charge in [-0.1, -0.05) is 30.3 Å². The minimum absolute atomic E-state index is 0.0701. The van der Waals surface area contributed by atoms with Gasteiger partial charge in [0.2, 0.25) is 5.91 Å². The predicted molar refractivity (Wildman–Crippen MR) is 106 cm³/mol. The number of benzene rings is 1. The molecule has 2 aliphatic rings. The number of aromatic nitrogens is 2. The predicted octanol–water partition coefficient (Wildman–Crippen LogP) is 1.37. The first kappa shape index (κ1) is 18.7. The summed E-state index contributed by atoms with van der Waals surface area (Å²) >= 11 is 0. The first-order chi connectivity index (χ1) is 13.7. The Balaban J connectivity index is 1.36. The maximum absolute atomic E-state index is 12.7. The molecule has 0 aliphatic carbocycles. The smallest absolute Gasteiger partial charge is 0.269 e. The molecule has 3 heterocycles. The molecule has 0 bridgehead atoms. The molecule has 0 saturated carbocycles. The van der Waals surface area contributed by atoms with Crippen molar-refractivity contribution in [2.45, 2.75) is 19.4 Å². The molecule has 1 amide bonds. The van der Waals surface area contributed by atoms with Crippen LogP contribution >= 0.6 is 0 Å². The number of anilines is 1. The summed E-state index contributed by atoms with van der Waals surface area (Å²) in [6, 6.07) is 11.5. The maximum atomic E-state index is 12.7. The highest BCUT2D eigenvalue weighted by Crippen LogP contribution is 2.24. The Labute approximate surface area is 164 Å². The van der Waals surface area contributed by atoms with Crippen LogP contribution in [0.25, 0.3) is 0 Å². The average Bonchev–Trinajstić information content (AvgIpc) is 2.76. The zero-order chi connectivity index (χ0) is 19.3. The summed E-state index contributed by atoms with van der Waals surface area (Å²) in [5.74, 6) is 0.320. The van der Waals surface area contributed by atoms with Crippen molar-refractivity contribution in [2.24, 2.45) is 5.92 Å². The summed E-state index contributed by atoms with van der Waals surface area (Å²) in [5, 5.41) is 4.35. The van der Waals surface area contributed by atoms with E-state index in [0.29, 0.717) is 32.8 Å². The standard InChI is InChI=1S/C21H26N4O3/c26-20-14-19(15-22-25(20)16-17-4-2-1-3-5-17)23-8-6-18(7-9-23)21(27)24-10-12-28-13-11-24/h1-5,14-15,18H,6-13,16H2. The number of rotatable bonds is 4. The van der Waals surface area contributed by atoms with Gasteiger partial charge in [-0.15, -0.1) is 0 Å². The molecular formula is C21H26N4O3. The highest BCUT2D eigenvalue weighted by atomic mass is 16.5. The molecule has 0 spiro atoms. The molecule has 2 saturated heterocycles. The summed E-state index contributed by atoms with van der Waals surface area (Å²) in [6.45, 7) is 4.67. The highest BCUT2D eigenvalue weighted by molar-refractivity contribution is 5.79. The minimum Gasteiger partial charge on any atom is -0.378 e. The van der Waals surface area contributed by atoms with Gasteiger partial charge in [-0.05, 0) is 18.4 Å². The lowest BCUT2D eigenvalue weighted by Gasteiger charge is -2.36. The first-order valence-corrected chi connectivity index (χ1v) is 9.93. The van der Waals surface area contributed by atoms with Gasteiger partial charge in [0.15, 0.2) is 0 Å². The van der Waals surface area contributed by atoms with Crippen molar-refractivity contribution in [3.63, 3.8) is 0 Å². The molecule has 2 fully saturated rings. The second kappa shape index (κ2) is 8.56. The van der Waals surface area contributed by atoms with Gasteiger partial charge in [0, 0.05) is 38.2 Å². The van der Waals surface area contributed by atoms with Gasteiger partial charge in [0.05, 0.1) is 31.6 Å². The van der Waals surface area contributed by atoms with E-state index in [1.165, 1.54) is 4.68 Å². The lowest BCUT2D eigenvalue weighted by atomic mass is 9.95. The van der Waals surface area contributed by atoms with Gasteiger partial charge in [-0.25, -0.2) is 4.68 Å². The normalized spacial score (nSPS) is 18.3. The van der Waals surface area contributed by atoms with E-state index < -0.39 is 0 Å². The minimum atomic E-state index is -0.104. The second-order valence-corrected chi connectivity index (χ2v) is 7.39. The summed E-state index contributed by atoms with van der Waals surface area (Å²) in [5.41, 5.74) is 1.78. The topological polar surface area (TPSA) is 67.7 Å². The Kier molecular flexibility index (Phi) is 5.71. The van der Waals surface area contributed by atoms with Crippen molar-refractivity contribution >= 4 is 11.6 Å². The quantitative estimate of drug-likeness (QED) is 0.799. The zero-order valence-electron chi connectivity index (χ0n) is 16.0. The van der Waals surface area contributed by atoms with Gasteiger partial charge < -0.3 is 14.5 Å². The van der Waals surface area contributed by atoms with Crippen molar-refractivity contribution in [3.05, 3.63) is 58.5 Å². The van der Waals surface area contributed by atoms with Crippen LogP contribution in [0, 0.1) is 5.92 Å². The summed E-state index contributed by atoms with van der Waals surface area (Å²) in [7, 11) is 0. The second-order valence-electron chi connectivity index (χ2n) is 7.39. The fraction of sp³-hybridized carbons (Fsp3) is 0.476. The van der Waals surface area contributed by atoms with Crippen LogP contribution < -0.4 is 10.5 Å². The van der Waals surface area contributed by atoms with Crippen molar-refractivity contribution in [3.8, 4) is 0 Å². The third-order valence-corrected chi connectivity index (χ3v) is 5.56. The monoisotopic (exact) mass is 382 g/mol.